The van der Waals surface area contributed by atoms with Crippen LogP contribution in [-0.2, 0) is 12.8 Å². The Kier molecular flexibility index (Phi) is 4.17. The van der Waals surface area contributed by atoms with Crippen LogP contribution in [0, 0.1) is 12.7 Å². The molecular formula is C18H23FN4O. The first-order chi connectivity index (χ1) is 11.3. The number of carbonyl (C=O) groups excluding carboxylic acids is 1. The van der Waals surface area contributed by atoms with Crippen molar-refractivity contribution in [3.8, 4) is 5.69 Å². The fourth-order valence-corrected chi connectivity index (χ4v) is 3.02. The molecule has 6 heteroatoms. The molecule has 0 atom stereocenters. The fourth-order valence-electron chi connectivity index (χ4n) is 3.02. The fraction of sp³-hybridized carbons (Fsp3) is 0.444. The predicted molar refractivity (Wildman–Crippen MR) is 90.9 cm³/mol. The van der Waals surface area contributed by atoms with Crippen molar-refractivity contribution in [1.29, 1.82) is 0 Å². The molecule has 1 aromatic carbocycles. The van der Waals surface area contributed by atoms with Gasteiger partial charge in [0.25, 0.3) is 5.91 Å². The number of carbonyl (C=O) groups is 1. The second kappa shape index (κ2) is 6.02. The molecule has 3 rings (SSSR count). The lowest BCUT2D eigenvalue weighted by atomic mass is 10.1. The van der Waals surface area contributed by atoms with Gasteiger partial charge in [-0.3, -0.25) is 4.79 Å². The largest absolute Gasteiger partial charge is 0.344 e. The second-order valence-corrected chi connectivity index (χ2v) is 7.04. The van der Waals surface area contributed by atoms with Gasteiger partial charge in [-0.05, 0) is 57.7 Å². The molecule has 3 N–H and O–H groups in total. The van der Waals surface area contributed by atoms with E-state index in [4.69, 9.17) is 5.73 Å². The molecule has 1 aliphatic rings. The van der Waals surface area contributed by atoms with Crippen molar-refractivity contribution in [2.45, 2.75) is 45.6 Å². The Morgan fingerprint density at radius 3 is 2.83 bits per heavy atom. The number of benzene rings is 1. The zero-order valence-corrected chi connectivity index (χ0v) is 14.3. The van der Waals surface area contributed by atoms with Crippen LogP contribution in [-0.4, -0.2) is 27.8 Å². The smallest absolute Gasteiger partial charge is 0.272 e. The summed E-state index contributed by atoms with van der Waals surface area (Å²) in [5, 5.41) is 7.34. The van der Waals surface area contributed by atoms with Gasteiger partial charge in [-0.25, -0.2) is 9.07 Å². The number of halogens is 1. The molecule has 0 saturated heterocycles. The normalized spacial score (nSPS) is 13.9. The molecule has 0 aliphatic heterocycles. The van der Waals surface area contributed by atoms with E-state index in [1.54, 1.807) is 10.7 Å². The summed E-state index contributed by atoms with van der Waals surface area (Å²) in [6.45, 7) is 5.89. The highest BCUT2D eigenvalue weighted by Gasteiger charge is 2.30. The Balaban J connectivity index is 2.03. The van der Waals surface area contributed by atoms with Crippen molar-refractivity contribution in [2.75, 3.05) is 6.54 Å². The maximum Gasteiger partial charge on any atom is 0.272 e. The molecule has 0 radical (unpaired) electrons. The van der Waals surface area contributed by atoms with Crippen molar-refractivity contribution in [3.63, 3.8) is 0 Å². The lowest BCUT2D eigenvalue weighted by Crippen LogP contribution is -2.49. The van der Waals surface area contributed by atoms with E-state index in [1.807, 2.05) is 26.8 Å². The Morgan fingerprint density at radius 1 is 1.42 bits per heavy atom. The van der Waals surface area contributed by atoms with E-state index in [-0.39, 0.29) is 11.7 Å². The molecule has 0 unspecified atom stereocenters. The Labute approximate surface area is 141 Å². The van der Waals surface area contributed by atoms with Crippen LogP contribution in [0.25, 0.3) is 5.69 Å². The number of nitrogens with one attached hydrogen (secondary N) is 1. The average Bonchev–Trinajstić information content (AvgIpc) is 3.09. The van der Waals surface area contributed by atoms with Crippen LogP contribution in [0.15, 0.2) is 18.2 Å². The van der Waals surface area contributed by atoms with E-state index < -0.39 is 5.54 Å². The summed E-state index contributed by atoms with van der Waals surface area (Å²) in [7, 11) is 0. The Bertz CT molecular complexity index is 795. The monoisotopic (exact) mass is 330 g/mol. The van der Waals surface area contributed by atoms with Crippen LogP contribution in [0.3, 0.4) is 0 Å². The highest BCUT2D eigenvalue weighted by atomic mass is 19.1. The third-order valence-electron chi connectivity index (χ3n) is 4.44. The van der Waals surface area contributed by atoms with Gasteiger partial charge in [0.2, 0.25) is 0 Å². The first-order valence-electron chi connectivity index (χ1n) is 8.22. The molecule has 1 aliphatic carbocycles. The van der Waals surface area contributed by atoms with E-state index in [0.29, 0.717) is 17.9 Å². The lowest BCUT2D eigenvalue weighted by Gasteiger charge is -2.23. The standard InChI is InChI=1S/C18H23FN4O/c1-11-7-8-15(13(19)9-11)23-14-6-4-5-12(14)16(22-23)17(24)21-18(2,3)10-20/h7-9H,4-6,10,20H2,1-3H3,(H,21,24). The van der Waals surface area contributed by atoms with E-state index in [2.05, 4.69) is 10.4 Å². The molecule has 24 heavy (non-hydrogen) atoms. The molecule has 5 nitrogen and oxygen atoms in total. The zero-order valence-electron chi connectivity index (χ0n) is 14.3. The quantitative estimate of drug-likeness (QED) is 0.903. The number of aryl methyl sites for hydroxylation is 1. The summed E-state index contributed by atoms with van der Waals surface area (Å²) in [5.74, 6) is -0.587. The van der Waals surface area contributed by atoms with Crippen molar-refractivity contribution in [2.24, 2.45) is 5.73 Å². The molecule has 128 valence electrons. The van der Waals surface area contributed by atoms with E-state index in [1.165, 1.54) is 6.07 Å². The molecule has 1 aromatic heterocycles. The van der Waals surface area contributed by atoms with Gasteiger partial charge < -0.3 is 11.1 Å². The Hall–Kier alpha value is -2.21. The molecule has 1 amide bonds. The molecular weight excluding hydrogens is 307 g/mol. The third kappa shape index (κ3) is 2.94. The summed E-state index contributed by atoms with van der Waals surface area (Å²) in [6, 6.07) is 5.04. The maximum atomic E-state index is 14.4. The summed E-state index contributed by atoms with van der Waals surface area (Å²) in [6.07, 6.45) is 2.53. The summed E-state index contributed by atoms with van der Waals surface area (Å²) in [4.78, 5) is 12.6. The average molecular weight is 330 g/mol. The van der Waals surface area contributed by atoms with Crippen LogP contribution in [0.1, 0.15) is 47.6 Å². The maximum absolute atomic E-state index is 14.4. The first-order valence-corrected chi connectivity index (χ1v) is 8.22. The zero-order chi connectivity index (χ0) is 17.5. The van der Waals surface area contributed by atoms with Gasteiger partial charge in [-0.1, -0.05) is 6.07 Å². The van der Waals surface area contributed by atoms with Crippen LogP contribution >= 0.6 is 0 Å². The minimum atomic E-state index is -0.512. The summed E-state index contributed by atoms with van der Waals surface area (Å²) >= 11 is 0. The molecule has 0 saturated carbocycles. The van der Waals surface area contributed by atoms with Gasteiger partial charge in [0.05, 0.1) is 0 Å². The van der Waals surface area contributed by atoms with E-state index >= 15 is 0 Å². The molecule has 2 aromatic rings. The highest BCUT2D eigenvalue weighted by Crippen LogP contribution is 2.29. The van der Waals surface area contributed by atoms with Crippen molar-refractivity contribution < 1.29 is 9.18 Å². The van der Waals surface area contributed by atoms with Gasteiger partial charge >= 0.3 is 0 Å². The number of rotatable bonds is 4. The number of nitrogens with zero attached hydrogens (tertiary/aromatic N) is 2. The topological polar surface area (TPSA) is 72.9 Å². The minimum absolute atomic E-state index is 0.255. The lowest BCUT2D eigenvalue weighted by molar-refractivity contribution is 0.0909. The molecule has 0 bridgehead atoms. The number of nitrogens with two attached hydrogens (primary N) is 1. The van der Waals surface area contributed by atoms with Crippen LogP contribution < -0.4 is 11.1 Å². The van der Waals surface area contributed by atoms with Gasteiger partial charge in [0.15, 0.2) is 5.69 Å². The van der Waals surface area contributed by atoms with Crippen molar-refractivity contribution in [3.05, 3.63) is 46.5 Å². The molecule has 0 spiro atoms. The van der Waals surface area contributed by atoms with Crippen LogP contribution in [0.2, 0.25) is 0 Å². The van der Waals surface area contributed by atoms with E-state index in [0.717, 1.165) is 36.1 Å². The minimum Gasteiger partial charge on any atom is -0.344 e. The summed E-state index contributed by atoms with van der Waals surface area (Å²) in [5.41, 5.74) is 8.63. The van der Waals surface area contributed by atoms with Crippen molar-refractivity contribution >= 4 is 5.91 Å². The number of hydrogen-bond donors (Lipinski definition) is 2. The second-order valence-electron chi connectivity index (χ2n) is 7.04. The van der Waals surface area contributed by atoms with Crippen LogP contribution in [0.4, 0.5) is 4.39 Å². The van der Waals surface area contributed by atoms with Crippen LogP contribution in [0.5, 0.6) is 0 Å². The molecule has 1 heterocycles. The number of aromatic nitrogens is 2. The number of fused-ring (bicyclic) bond motifs is 1. The number of amides is 1. The third-order valence-corrected chi connectivity index (χ3v) is 4.44. The molecule has 0 fully saturated rings. The predicted octanol–water partition coefficient (Wildman–Crippen LogP) is 2.28. The summed E-state index contributed by atoms with van der Waals surface area (Å²) < 4.78 is 15.9. The highest BCUT2D eigenvalue weighted by molar-refractivity contribution is 5.94. The first kappa shape index (κ1) is 16.6. The van der Waals surface area contributed by atoms with Gasteiger partial charge in [0.1, 0.15) is 11.5 Å². The number of hydrogen-bond acceptors (Lipinski definition) is 3. The van der Waals surface area contributed by atoms with Gasteiger partial charge in [0, 0.05) is 23.3 Å². The SMILES string of the molecule is Cc1ccc(-n2nc(C(=O)NC(C)(C)CN)c3c2CCC3)c(F)c1. The van der Waals surface area contributed by atoms with Gasteiger partial charge in [-0.15, -0.1) is 0 Å². The van der Waals surface area contributed by atoms with Gasteiger partial charge in [-0.2, -0.15) is 5.10 Å². The van der Waals surface area contributed by atoms with Crippen molar-refractivity contribution in [1.82, 2.24) is 15.1 Å². The Morgan fingerprint density at radius 2 is 2.17 bits per heavy atom. The van der Waals surface area contributed by atoms with E-state index in [9.17, 15) is 9.18 Å².